The number of rotatable bonds is 1. The molecule has 0 aliphatic heterocycles. The summed E-state index contributed by atoms with van der Waals surface area (Å²) in [6, 6.07) is 3.38. The van der Waals surface area contributed by atoms with Gasteiger partial charge in [0.2, 0.25) is 0 Å². The Morgan fingerprint density at radius 1 is 1.64 bits per heavy atom. The minimum Gasteiger partial charge on any atom is -0.478 e. The smallest absolute Gasteiger partial charge is 0.335 e. The van der Waals surface area contributed by atoms with Crippen molar-refractivity contribution in [2.75, 3.05) is 0 Å². The van der Waals surface area contributed by atoms with Gasteiger partial charge < -0.3 is 5.11 Å². The lowest BCUT2D eigenvalue weighted by Gasteiger charge is -1.91. The van der Waals surface area contributed by atoms with Crippen LogP contribution in [0.2, 0.25) is 0 Å². The van der Waals surface area contributed by atoms with E-state index in [0.717, 1.165) is 12.1 Å². The quantitative estimate of drug-likeness (QED) is 0.653. The third-order valence-corrected chi connectivity index (χ3v) is 1.09. The molecule has 0 atom stereocenters. The summed E-state index contributed by atoms with van der Waals surface area (Å²) in [5.41, 5.74) is -0.251. The first kappa shape index (κ1) is 4.91. The Labute approximate surface area is 66.3 Å². The highest BCUT2D eigenvalue weighted by Gasteiger charge is 1.99. The van der Waals surface area contributed by atoms with Crippen molar-refractivity contribution in [1.29, 1.82) is 5.26 Å². The van der Waals surface area contributed by atoms with Crippen LogP contribution in [0.1, 0.15) is 18.7 Å². The third kappa shape index (κ3) is 1.55. The molecular weight excluding hydrogens is 142 g/mol. The lowest BCUT2D eigenvalue weighted by atomic mass is 10.1. The van der Waals surface area contributed by atoms with Gasteiger partial charge in [-0.1, -0.05) is 0 Å². The number of carbonyl (C=O) groups is 1. The fourth-order valence-corrected chi connectivity index (χ4v) is 0.571. The van der Waals surface area contributed by atoms with Gasteiger partial charge in [-0.3, -0.25) is 0 Å². The molecule has 1 rings (SSSR count). The summed E-state index contributed by atoms with van der Waals surface area (Å²) in [5.74, 6) is -1.32. The predicted molar refractivity (Wildman–Crippen MR) is 38.1 cm³/mol. The second-order valence-corrected chi connectivity index (χ2v) is 1.82. The van der Waals surface area contributed by atoms with E-state index in [4.69, 9.17) is 13.1 Å². The van der Waals surface area contributed by atoms with Gasteiger partial charge in [0.1, 0.15) is 0 Å². The molecule has 3 nitrogen and oxygen atoms in total. The first-order valence-electron chi connectivity index (χ1n) is 3.81. The maximum absolute atomic E-state index is 10.5. The molecule has 0 aliphatic carbocycles. The lowest BCUT2D eigenvalue weighted by molar-refractivity contribution is 0.0697. The van der Waals surface area contributed by atoms with Gasteiger partial charge in [-0.25, -0.2) is 4.79 Å². The Morgan fingerprint density at radius 2 is 2.18 bits per heavy atom. The normalized spacial score (nSPS) is 11.2. The standard InChI is InChI=1S/C8H5NO2/c9-5-6-1-3-7(4-2-6)8(10)11/h1-4H,(H,10,11)/i3D,4D. The van der Waals surface area contributed by atoms with E-state index in [2.05, 4.69) is 0 Å². The van der Waals surface area contributed by atoms with E-state index in [9.17, 15) is 4.79 Å². The molecule has 54 valence electrons. The van der Waals surface area contributed by atoms with Crippen molar-refractivity contribution in [2.24, 2.45) is 0 Å². The number of benzene rings is 1. The van der Waals surface area contributed by atoms with Gasteiger partial charge in [0.05, 0.1) is 19.9 Å². The molecule has 0 saturated heterocycles. The van der Waals surface area contributed by atoms with E-state index < -0.39 is 5.97 Å². The van der Waals surface area contributed by atoms with E-state index in [1.54, 1.807) is 6.07 Å². The molecule has 0 aliphatic rings. The lowest BCUT2D eigenvalue weighted by Crippen LogP contribution is -1.94. The van der Waals surface area contributed by atoms with Gasteiger partial charge in [-0.2, -0.15) is 5.26 Å². The van der Waals surface area contributed by atoms with Crippen molar-refractivity contribution in [1.82, 2.24) is 0 Å². The van der Waals surface area contributed by atoms with Crippen LogP contribution in [0.5, 0.6) is 0 Å². The SMILES string of the molecule is [2H]c1cc(C#N)cc([2H])c1C(=O)O. The number of nitrogens with zero attached hydrogens (tertiary/aromatic N) is 1. The zero-order valence-electron chi connectivity index (χ0n) is 7.46. The van der Waals surface area contributed by atoms with E-state index in [1.165, 1.54) is 0 Å². The van der Waals surface area contributed by atoms with Gasteiger partial charge in [-0.05, 0) is 24.2 Å². The van der Waals surface area contributed by atoms with E-state index in [0.29, 0.717) is 0 Å². The topological polar surface area (TPSA) is 61.1 Å². The fourth-order valence-electron chi connectivity index (χ4n) is 0.571. The molecule has 3 heteroatoms. The molecule has 1 N–H and O–H groups in total. The summed E-state index contributed by atoms with van der Waals surface area (Å²) < 4.78 is 14.5. The number of carboxylic acid groups (broad SMARTS) is 1. The van der Waals surface area contributed by atoms with Crippen molar-refractivity contribution in [3.8, 4) is 6.07 Å². The van der Waals surface area contributed by atoms with Crippen molar-refractivity contribution >= 4 is 5.97 Å². The highest BCUT2D eigenvalue weighted by atomic mass is 16.4. The monoisotopic (exact) mass is 149 g/mol. The second-order valence-electron chi connectivity index (χ2n) is 1.82. The predicted octanol–water partition coefficient (Wildman–Crippen LogP) is 1.26. The molecule has 0 radical (unpaired) electrons. The van der Waals surface area contributed by atoms with Crippen molar-refractivity contribution in [2.45, 2.75) is 0 Å². The zero-order chi connectivity index (χ0) is 10.0. The van der Waals surface area contributed by atoms with Crippen LogP contribution in [0, 0.1) is 11.3 Å². The number of aromatic carboxylic acids is 1. The summed E-state index contributed by atoms with van der Waals surface area (Å²) in [6.07, 6.45) is 0. The van der Waals surface area contributed by atoms with Crippen LogP contribution >= 0.6 is 0 Å². The molecule has 0 heterocycles. The third-order valence-electron chi connectivity index (χ3n) is 1.09. The Balaban J connectivity index is 3.42. The summed E-state index contributed by atoms with van der Waals surface area (Å²) in [7, 11) is 0. The van der Waals surface area contributed by atoms with Crippen LogP contribution in [-0.4, -0.2) is 11.1 Å². The number of hydrogen-bond acceptors (Lipinski definition) is 2. The Kier molecular flexibility index (Phi) is 1.27. The van der Waals surface area contributed by atoms with E-state index in [-0.39, 0.29) is 23.2 Å². The molecule has 0 unspecified atom stereocenters. The second kappa shape index (κ2) is 2.84. The highest BCUT2D eigenvalue weighted by Crippen LogP contribution is 2.02. The first-order chi connectivity index (χ1) is 6.06. The molecule has 0 spiro atoms. The maximum Gasteiger partial charge on any atom is 0.335 e. The van der Waals surface area contributed by atoms with Gasteiger partial charge >= 0.3 is 5.97 Å². The van der Waals surface area contributed by atoms with Gasteiger partial charge in [-0.15, -0.1) is 0 Å². The molecule has 1 aromatic carbocycles. The molecule has 11 heavy (non-hydrogen) atoms. The van der Waals surface area contributed by atoms with Gasteiger partial charge in [0.25, 0.3) is 0 Å². The minimum absolute atomic E-state index is 0.125. The van der Waals surface area contributed by atoms with Crippen LogP contribution in [0.25, 0.3) is 0 Å². The molecule has 0 fully saturated rings. The maximum atomic E-state index is 10.5. The Morgan fingerprint density at radius 3 is 2.55 bits per heavy atom. The Hall–Kier alpha value is -1.82. The summed E-state index contributed by atoms with van der Waals surface area (Å²) in [6.45, 7) is 0. The van der Waals surface area contributed by atoms with E-state index in [1.807, 2.05) is 0 Å². The average Bonchev–Trinajstić information content (AvgIpc) is 2.02. The first-order valence-corrected chi connectivity index (χ1v) is 2.81. The summed E-state index contributed by atoms with van der Waals surface area (Å²) in [4.78, 5) is 10.5. The number of nitriles is 1. The van der Waals surface area contributed by atoms with Crippen LogP contribution in [-0.2, 0) is 0 Å². The molecule has 0 saturated carbocycles. The van der Waals surface area contributed by atoms with Gasteiger partial charge in [0, 0.05) is 0 Å². The molecular formula is C8H5NO2. The summed E-state index contributed by atoms with van der Waals surface area (Å²) in [5, 5.41) is 17.0. The average molecular weight is 149 g/mol. The summed E-state index contributed by atoms with van der Waals surface area (Å²) >= 11 is 0. The van der Waals surface area contributed by atoms with Crippen molar-refractivity contribution in [3.05, 3.63) is 35.3 Å². The number of carboxylic acids is 1. The number of hydrogen-bond donors (Lipinski definition) is 1. The minimum atomic E-state index is -1.32. The van der Waals surface area contributed by atoms with Crippen molar-refractivity contribution < 1.29 is 12.6 Å². The van der Waals surface area contributed by atoms with E-state index >= 15 is 0 Å². The van der Waals surface area contributed by atoms with Crippen LogP contribution < -0.4 is 0 Å². The van der Waals surface area contributed by atoms with Crippen LogP contribution in [0.3, 0.4) is 0 Å². The molecule has 1 aromatic rings. The molecule has 0 amide bonds. The Bertz CT molecular complexity index is 386. The largest absolute Gasteiger partial charge is 0.478 e. The highest BCUT2D eigenvalue weighted by molar-refractivity contribution is 5.87. The molecule has 0 aromatic heterocycles. The van der Waals surface area contributed by atoms with Crippen LogP contribution in [0.15, 0.2) is 24.2 Å². The fraction of sp³-hybridized carbons (Fsp3) is 0. The van der Waals surface area contributed by atoms with Gasteiger partial charge in [0.15, 0.2) is 0 Å². The van der Waals surface area contributed by atoms with Crippen LogP contribution in [0.4, 0.5) is 0 Å². The molecule has 0 bridgehead atoms. The zero-order valence-corrected chi connectivity index (χ0v) is 5.46. The van der Waals surface area contributed by atoms with Crippen molar-refractivity contribution in [3.63, 3.8) is 0 Å².